The molecule has 0 atom stereocenters. The molecule has 20 heavy (non-hydrogen) atoms. The number of benzene rings is 1. The van der Waals surface area contributed by atoms with Crippen LogP contribution in [0.15, 0.2) is 22.7 Å². The average Bonchev–Trinajstić information content (AvgIpc) is 3.14. The van der Waals surface area contributed by atoms with Gasteiger partial charge in [0.15, 0.2) is 0 Å². The number of hydrogen-bond donors (Lipinski definition) is 2. The summed E-state index contributed by atoms with van der Waals surface area (Å²) in [5.41, 5.74) is -1.06. The highest BCUT2D eigenvalue weighted by atomic mass is 79.9. The summed E-state index contributed by atoms with van der Waals surface area (Å²) in [7, 11) is 0. The third-order valence-electron chi connectivity index (χ3n) is 2.92. The fourth-order valence-corrected chi connectivity index (χ4v) is 2.11. The van der Waals surface area contributed by atoms with E-state index >= 15 is 0 Å². The largest absolute Gasteiger partial charge is 0.418 e. The molecule has 1 saturated carbocycles. The Morgan fingerprint density at radius 2 is 2.05 bits per heavy atom. The highest BCUT2D eigenvalue weighted by Gasteiger charge is 2.34. The third kappa shape index (κ3) is 4.49. The molecule has 1 fully saturated rings. The normalized spacial score (nSPS) is 15.2. The van der Waals surface area contributed by atoms with Crippen LogP contribution >= 0.6 is 15.9 Å². The van der Waals surface area contributed by atoms with Gasteiger partial charge in [0.25, 0.3) is 0 Å². The lowest BCUT2D eigenvalue weighted by atomic mass is 10.1. The summed E-state index contributed by atoms with van der Waals surface area (Å²) in [5.74, 6) is -0.425. The summed E-state index contributed by atoms with van der Waals surface area (Å²) >= 11 is 3.00. The highest BCUT2D eigenvalue weighted by Crippen LogP contribution is 2.36. The summed E-state index contributed by atoms with van der Waals surface area (Å²) in [4.78, 5) is 11.6. The van der Waals surface area contributed by atoms with Crippen LogP contribution in [0.2, 0.25) is 0 Å². The van der Waals surface area contributed by atoms with Crippen molar-refractivity contribution in [1.82, 2.24) is 5.32 Å². The SMILES string of the molecule is O=C(CCNC1CC1)Nc1ccc(Br)cc1C(F)(F)F. The van der Waals surface area contributed by atoms with E-state index in [-0.39, 0.29) is 12.1 Å². The first kappa shape index (κ1) is 15.3. The van der Waals surface area contributed by atoms with Gasteiger partial charge in [0.1, 0.15) is 0 Å². The van der Waals surface area contributed by atoms with Crippen LogP contribution in [0.3, 0.4) is 0 Å². The lowest BCUT2D eigenvalue weighted by Gasteiger charge is -2.14. The van der Waals surface area contributed by atoms with E-state index in [2.05, 4.69) is 26.6 Å². The van der Waals surface area contributed by atoms with Crippen LogP contribution in [-0.2, 0) is 11.0 Å². The Balaban J connectivity index is 1.98. The first-order valence-electron chi connectivity index (χ1n) is 6.26. The molecule has 0 bridgehead atoms. The summed E-state index contributed by atoms with van der Waals surface area (Å²) in [6.07, 6.45) is -2.14. The number of hydrogen-bond acceptors (Lipinski definition) is 2. The Bertz CT molecular complexity index is 501. The van der Waals surface area contributed by atoms with Crippen molar-refractivity contribution in [3.05, 3.63) is 28.2 Å². The number of amides is 1. The predicted molar refractivity (Wildman–Crippen MR) is 73.4 cm³/mol. The summed E-state index contributed by atoms with van der Waals surface area (Å²) in [5, 5.41) is 5.46. The summed E-state index contributed by atoms with van der Waals surface area (Å²) in [6.45, 7) is 0.481. The van der Waals surface area contributed by atoms with Crippen molar-refractivity contribution in [1.29, 1.82) is 0 Å². The second-order valence-corrected chi connectivity index (χ2v) is 5.63. The Hall–Kier alpha value is -1.08. The first-order valence-corrected chi connectivity index (χ1v) is 7.05. The molecule has 0 saturated heterocycles. The second-order valence-electron chi connectivity index (χ2n) is 4.71. The maximum atomic E-state index is 12.9. The van der Waals surface area contributed by atoms with E-state index < -0.39 is 17.6 Å². The number of nitrogens with one attached hydrogen (secondary N) is 2. The fraction of sp³-hybridized carbons (Fsp3) is 0.462. The molecular formula is C13H14BrF3N2O. The van der Waals surface area contributed by atoms with Gasteiger partial charge in [0.2, 0.25) is 5.91 Å². The number of alkyl halides is 3. The van der Waals surface area contributed by atoms with Crippen LogP contribution < -0.4 is 10.6 Å². The summed E-state index contributed by atoms with van der Waals surface area (Å²) in [6, 6.07) is 4.14. The average molecular weight is 351 g/mol. The van der Waals surface area contributed by atoms with Gasteiger partial charge in [-0.3, -0.25) is 4.79 Å². The zero-order valence-corrected chi connectivity index (χ0v) is 12.1. The molecule has 0 aliphatic heterocycles. The Kier molecular flexibility index (Phi) is 4.70. The van der Waals surface area contributed by atoms with Gasteiger partial charge in [-0.15, -0.1) is 0 Å². The zero-order chi connectivity index (χ0) is 14.8. The number of carbonyl (C=O) groups excluding carboxylic acids is 1. The van der Waals surface area contributed by atoms with Crippen LogP contribution in [0.5, 0.6) is 0 Å². The van der Waals surface area contributed by atoms with Gasteiger partial charge in [-0.2, -0.15) is 13.2 Å². The molecule has 7 heteroatoms. The van der Waals surface area contributed by atoms with E-state index in [1.807, 2.05) is 0 Å². The van der Waals surface area contributed by atoms with Crippen molar-refractivity contribution in [3.63, 3.8) is 0 Å². The number of rotatable bonds is 5. The number of carbonyl (C=O) groups is 1. The maximum Gasteiger partial charge on any atom is 0.418 e. The predicted octanol–water partition coefficient (Wildman–Crippen LogP) is 3.55. The van der Waals surface area contributed by atoms with Crippen molar-refractivity contribution in [2.24, 2.45) is 0 Å². The van der Waals surface area contributed by atoms with Gasteiger partial charge in [0.05, 0.1) is 11.3 Å². The molecule has 0 spiro atoms. The van der Waals surface area contributed by atoms with Crippen molar-refractivity contribution < 1.29 is 18.0 Å². The smallest absolute Gasteiger partial charge is 0.325 e. The molecule has 3 nitrogen and oxygen atoms in total. The number of halogens is 4. The monoisotopic (exact) mass is 350 g/mol. The quantitative estimate of drug-likeness (QED) is 0.852. The lowest BCUT2D eigenvalue weighted by Crippen LogP contribution is -2.24. The molecule has 1 aliphatic rings. The van der Waals surface area contributed by atoms with Gasteiger partial charge < -0.3 is 10.6 Å². The molecule has 0 radical (unpaired) electrons. The van der Waals surface area contributed by atoms with Crippen LogP contribution in [-0.4, -0.2) is 18.5 Å². The van der Waals surface area contributed by atoms with Crippen molar-refractivity contribution in [2.45, 2.75) is 31.5 Å². The minimum absolute atomic E-state index is 0.157. The van der Waals surface area contributed by atoms with E-state index in [4.69, 9.17) is 0 Å². The lowest BCUT2D eigenvalue weighted by molar-refractivity contribution is -0.137. The van der Waals surface area contributed by atoms with Crippen molar-refractivity contribution >= 4 is 27.5 Å². The Morgan fingerprint density at radius 3 is 2.65 bits per heavy atom. The maximum absolute atomic E-state index is 12.9. The van der Waals surface area contributed by atoms with Crippen LogP contribution in [0.25, 0.3) is 0 Å². The van der Waals surface area contributed by atoms with E-state index in [0.29, 0.717) is 17.1 Å². The molecular weight excluding hydrogens is 337 g/mol. The molecule has 1 aromatic rings. The van der Waals surface area contributed by atoms with Gasteiger partial charge in [-0.25, -0.2) is 0 Å². The van der Waals surface area contributed by atoms with Gasteiger partial charge in [-0.05, 0) is 31.0 Å². The molecule has 2 rings (SSSR count). The van der Waals surface area contributed by atoms with Crippen molar-refractivity contribution in [2.75, 3.05) is 11.9 Å². The summed E-state index contributed by atoms with van der Waals surface area (Å²) < 4.78 is 38.9. The topological polar surface area (TPSA) is 41.1 Å². The van der Waals surface area contributed by atoms with Crippen LogP contribution in [0.1, 0.15) is 24.8 Å². The standard InChI is InChI=1S/C13H14BrF3N2O/c14-8-1-4-11(10(7-8)13(15,16)17)19-12(20)5-6-18-9-2-3-9/h1,4,7,9,18H,2-3,5-6H2,(H,19,20). The van der Waals surface area contributed by atoms with Crippen LogP contribution in [0.4, 0.5) is 18.9 Å². The molecule has 1 aliphatic carbocycles. The first-order chi connectivity index (χ1) is 9.36. The highest BCUT2D eigenvalue weighted by molar-refractivity contribution is 9.10. The molecule has 0 heterocycles. The minimum atomic E-state index is -4.50. The van der Waals surface area contributed by atoms with Gasteiger partial charge >= 0.3 is 6.18 Å². The van der Waals surface area contributed by atoms with Gasteiger partial charge in [-0.1, -0.05) is 15.9 Å². The third-order valence-corrected chi connectivity index (χ3v) is 3.42. The van der Waals surface area contributed by atoms with E-state index in [1.165, 1.54) is 12.1 Å². The van der Waals surface area contributed by atoms with E-state index in [0.717, 1.165) is 18.9 Å². The minimum Gasteiger partial charge on any atom is -0.325 e. The zero-order valence-electron chi connectivity index (χ0n) is 10.6. The van der Waals surface area contributed by atoms with Crippen LogP contribution in [0, 0.1) is 0 Å². The molecule has 0 aromatic heterocycles. The Labute approximate surface area is 123 Å². The molecule has 0 unspecified atom stereocenters. The van der Waals surface area contributed by atoms with Gasteiger partial charge in [0, 0.05) is 23.5 Å². The molecule has 1 aromatic carbocycles. The molecule has 110 valence electrons. The molecule has 1 amide bonds. The van der Waals surface area contributed by atoms with E-state index in [9.17, 15) is 18.0 Å². The molecule has 2 N–H and O–H groups in total. The van der Waals surface area contributed by atoms with E-state index in [1.54, 1.807) is 0 Å². The number of anilines is 1. The second kappa shape index (κ2) is 6.13. The van der Waals surface area contributed by atoms with Crippen molar-refractivity contribution in [3.8, 4) is 0 Å². The fourth-order valence-electron chi connectivity index (χ4n) is 1.75. The Morgan fingerprint density at radius 1 is 1.35 bits per heavy atom.